The molecule has 1 aromatic carbocycles. The zero-order valence-corrected chi connectivity index (χ0v) is 16.8. The Bertz CT molecular complexity index is 709. The zero-order chi connectivity index (χ0) is 18.7. The van der Waals surface area contributed by atoms with E-state index in [2.05, 4.69) is 25.6 Å². The predicted octanol–water partition coefficient (Wildman–Crippen LogP) is 3.66. The van der Waals surface area contributed by atoms with Crippen molar-refractivity contribution >= 4 is 27.3 Å². The number of benzene rings is 1. The summed E-state index contributed by atoms with van der Waals surface area (Å²) in [6, 6.07) is 10.1. The summed E-state index contributed by atoms with van der Waals surface area (Å²) in [4.78, 5) is 4.21. The highest BCUT2D eigenvalue weighted by Crippen LogP contribution is 2.36. The van der Waals surface area contributed by atoms with Crippen LogP contribution in [-0.4, -0.2) is 26.0 Å². The summed E-state index contributed by atoms with van der Waals surface area (Å²) in [6.45, 7) is 5.27. The molecule has 0 saturated carbocycles. The first-order valence-corrected chi connectivity index (χ1v) is 9.82. The van der Waals surface area contributed by atoms with Crippen LogP contribution in [-0.2, 0) is 16.9 Å². The third-order valence-corrected chi connectivity index (χ3v) is 5.98. The molecule has 0 radical (unpaired) electrons. The first-order chi connectivity index (χ1) is 11.7. The summed E-state index contributed by atoms with van der Waals surface area (Å²) >= 11 is 1.88. The molecule has 136 valence electrons. The maximum Gasteiger partial charge on any atom is 0.147 e. The maximum atomic E-state index is 14.6. The van der Waals surface area contributed by atoms with E-state index in [9.17, 15) is 14.0 Å². The summed E-state index contributed by atoms with van der Waals surface area (Å²) in [5.74, 6) is -0.516. The lowest BCUT2D eigenvalue weighted by molar-refractivity contribution is 0.241. The highest BCUT2D eigenvalue weighted by molar-refractivity contribution is 9.10. The topological polar surface area (TPSA) is 68.2 Å². The number of hydrogen-bond donors (Lipinski definition) is 2. The Labute approximate surface area is 159 Å². The molecule has 2 aromatic rings. The van der Waals surface area contributed by atoms with E-state index in [-0.39, 0.29) is 18.7 Å². The normalized spacial score (nSPS) is 15.6. The fraction of sp³-hybridized carbons (Fsp3) is 0.389. The molecule has 0 spiro atoms. The molecule has 0 aliphatic rings. The number of aliphatic hydroxyl groups excluding tert-OH is 1. The van der Waals surface area contributed by atoms with Crippen molar-refractivity contribution in [3.63, 3.8) is 0 Å². The summed E-state index contributed by atoms with van der Waals surface area (Å²) in [5, 5.41) is 9.69. The van der Waals surface area contributed by atoms with E-state index in [1.54, 1.807) is 12.1 Å². The first-order valence-electron chi connectivity index (χ1n) is 7.88. The van der Waals surface area contributed by atoms with E-state index in [0.717, 1.165) is 4.47 Å². The molecule has 0 amide bonds. The van der Waals surface area contributed by atoms with E-state index >= 15 is 0 Å². The van der Waals surface area contributed by atoms with Crippen LogP contribution in [0.4, 0.5) is 4.39 Å². The van der Waals surface area contributed by atoms with Gasteiger partial charge >= 0.3 is 0 Å². The molecule has 4 nitrogen and oxygen atoms in total. The monoisotopic (exact) mass is 428 g/mol. The number of aliphatic hydroxyl groups is 1. The Morgan fingerprint density at radius 1 is 1.24 bits per heavy atom. The van der Waals surface area contributed by atoms with Crippen LogP contribution < -0.4 is 4.72 Å². The van der Waals surface area contributed by atoms with Gasteiger partial charge in [-0.1, -0.05) is 28.1 Å². The average Bonchev–Trinajstić information content (AvgIpc) is 2.54. The van der Waals surface area contributed by atoms with Crippen molar-refractivity contribution in [3.05, 3.63) is 64.1 Å². The van der Waals surface area contributed by atoms with Crippen molar-refractivity contribution in [3.8, 4) is 0 Å². The molecule has 25 heavy (non-hydrogen) atoms. The minimum Gasteiger partial charge on any atom is -0.598 e. The van der Waals surface area contributed by atoms with E-state index in [1.165, 1.54) is 18.3 Å². The second-order valence-corrected chi connectivity index (χ2v) is 9.58. The van der Waals surface area contributed by atoms with E-state index in [0.29, 0.717) is 5.56 Å². The van der Waals surface area contributed by atoms with E-state index in [1.807, 2.05) is 32.9 Å². The number of rotatable bonds is 6. The summed E-state index contributed by atoms with van der Waals surface area (Å²) < 4.78 is 30.8. The SMILES string of the molecule is CC(C)(C)[S+]([O-])N[C@@](CCO)(c1ccc(Br)cc1)c1ncccc1F. The van der Waals surface area contributed by atoms with Crippen LogP contribution in [0.25, 0.3) is 0 Å². The molecule has 7 heteroatoms. The molecule has 0 bridgehead atoms. The number of pyridine rings is 1. The molecule has 0 saturated heterocycles. The van der Waals surface area contributed by atoms with Gasteiger partial charge in [0.25, 0.3) is 0 Å². The van der Waals surface area contributed by atoms with Crippen LogP contribution in [0.2, 0.25) is 0 Å². The summed E-state index contributed by atoms with van der Waals surface area (Å²) in [6.07, 6.45) is 1.62. The first kappa shape index (κ1) is 20.3. The van der Waals surface area contributed by atoms with Gasteiger partial charge in [-0.25, -0.2) is 4.39 Å². The third kappa shape index (κ3) is 4.60. The van der Waals surface area contributed by atoms with E-state index < -0.39 is 27.5 Å². The van der Waals surface area contributed by atoms with Gasteiger partial charge < -0.3 is 9.66 Å². The molecule has 2 rings (SSSR count). The molecule has 0 fully saturated rings. The third-order valence-electron chi connectivity index (χ3n) is 3.81. The van der Waals surface area contributed by atoms with Crippen LogP contribution in [0.15, 0.2) is 47.1 Å². The van der Waals surface area contributed by atoms with Crippen molar-refractivity contribution in [1.82, 2.24) is 9.71 Å². The lowest BCUT2D eigenvalue weighted by Crippen LogP contribution is -2.53. The molecule has 1 heterocycles. The minimum atomic E-state index is -1.50. The van der Waals surface area contributed by atoms with Crippen molar-refractivity contribution < 1.29 is 14.0 Å². The van der Waals surface area contributed by atoms with Crippen LogP contribution in [0.5, 0.6) is 0 Å². The standard InChI is InChI=1S/C18H22BrFN2O2S/c1-17(2,3)25(24)22-18(10-12-23,13-6-8-14(19)9-7-13)16-15(20)5-4-11-21-16/h4-9,11,22-23H,10,12H2,1-3H3/t18-,25?/m0/s1. The molecular formula is C18H22BrFN2O2S. The summed E-state index contributed by atoms with van der Waals surface area (Å²) in [7, 11) is 0. The number of nitrogens with one attached hydrogen (secondary N) is 1. The molecule has 2 atom stereocenters. The number of aromatic nitrogens is 1. The Balaban J connectivity index is 2.66. The van der Waals surface area contributed by atoms with Crippen LogP contribution in [0.1, 0.15) is 38.4 Å². The van der Waals surface area contributed by atoms with E-state index in [4.69, 9.17) is 0 Å². The largest absolute Gasteiger partial charge is 0.598 e. The highest BCUT2D eigenvalue weighted by atomic mass is 79.9. The van der Waals surface area contributed by atoms with Gasteiger partial charge in [0.05, 0.1) is 0 Å². The van der Waals surface area contributed by atoms with Crippen LogP contribution in [0, 0.1) is 5.82 Å². The van der Waals surface area contributed by atoms with Gasteiger partial charge in [0.2, 0.25) is 0 Å². The average molecular weight is 429 g/mol. The Hall–Kier alpha value is -0.990. The second kappa shape index (κ2) is 8.14. The Kier molecular flexibility index (Phi) is 6.62. The van der Waals surface area contributed by atoms with Crippen molar-refractivity contribution in [2.24, 2.45) is 0 Å². The lowest BCUT2D eigenvalue weighted by Gasteiger charge is -2.37. The molecule has 1 aromatic heterocycles. The van der Waals surface area contributed by atoms with Gasteiger partial charge in [0, 0.05) is 35.1 Å². The fourth-order valence-electron chi connectivity index (χ4n) is 2.47. The zero-order valence-electron chi connectivity index (χ0n) is 14.4. The van der Waals surface area contributed by atoms with Gasteiger partial charge in [-0.2, -0.15) is 0 Å². The number of halogens is 2. The molecule has 0 aliphatic carbocycles. The van der Waals surface area contributed by atoms with Gasteiger partial charge in [-0.15, -0.1) is 4.72 Å². The van der Waals surface area contributed by atoms with Gasteiger partial charge in [0.1, 0.15) is 21.8 Å². The number of hydrogen-bond acceptors (Lipinski definition) is 4. The quantitative estimate of drug-likeness (QED) is 0.688. The van der Waals surface area contributed by atoms with Crippen molar-refractivity contribution in [2.75, 3.05) is 6.61 Å². The number of nitrogens with zero attached hydrogens (tertiary/aromatic N) is 1. The fourth-order valence-corrected chi connectivity index (χ4v) is 3.67. The molecule has 2 N–H and O–H groups in total. The second-order valence-electron chi connectivity index (χ2n) is 6.70. The van der Waals surface area contributed by atoms with Gasteiger partial charge in [-0.3, -0.25) is 4.98 Å². The lowest BCUT2D eigenvalue weighted by atomic mass is 9.84. The van der Waals surface area contributed by atoms with Gasteiger partial charge in [-0.05, 0) is 50.6 Å². The Morgan fingerprint density at radius 2 is 1.88 bits per heavy atom. The van der Waals surface area contributed by atoms with Crippen molar-refractivity contribution in [1.29, 1.82) is 0 Å². The maximum absolute atomic E-state index is 14.6. The Morgan fingerprint density at radius 3 is 2.40 bits per heavy atom. The summed E-state index contributed by atoms with van der Waals surface area (Å²) in [5.41, 5.74) is -0.414. The molecular weight excluding hydrogens is 407 g/mol. The van der Waals surface area contributed by atoms with Gasteiger partial charge in [0.15, 0.2) is 0 Å². The van der Waals surface area contributed by atoms with Crippen molar-refractivity contribution in [2.45, 2.75) is 37.5 Å². The van der Waals surface area contributed by atoms with Crippen LogP contribution in [0.3, 0.4) is 0 Å². The molecule has 1 unspecified atom stereocenters. The molecule has 0 aliphatic heterocycles. The predicted molar refractivity (Wildman–Crippen MR) is 102 cm³/mol. The highest BCUT2D eigenvalue weighted by Gasteiger charge is 2.44. The minimum absolute atomic E-state index is 0.115. The van der Waals surface area contributed by atoms with Crippen LogP contribution >= 0.6 is 15.9 Å². The smallest absolute Gasteiger partial charge is 0.147 e.